The molecule has 1 amide bonds. The molecular weight excluding hydrogens is 326 g/mol. The Hall–Kier alpha value is -2.62. The fourth-order valence-corrected chi connectivity index (χ4v) is 4.20. The lowest BCUT2D eigenvalue weighted by molar-refractivity contribution is 0.0696. The lowest BCUT2D eigenvalue weighted by atomic mass is 9.76. The zero-order valence-corrected chi connectivity index (χ0v) is 15.8. The largest absolute Gasteiger partial charge is 0.478 e. The van der Waals surface area contributed by atoms with Crippen LogP contribution in [0.2, 0.25) is 0 Å². The number of carbonyl (C=O) groups is 2. The van der Waals surface area contributed by atoms with Crippen molar-refractivity contribution in [3.63, 3.8) is 0 Å². The van der Waals surface area contributed by atoms with Gasteiger partial charge in [-0.3, -0.25) is 4.79 Å². The van der Waals surface area contributed by atoms with Gasteiger partial charge in [-0.05, 0) is 98.0 Å². The van der Waals surface area contributed by atoms with E-state index in [9.17, 15) is 9.59 Å². The summed E-state index contributed by atoms with van der Waals surface area (Å²) < 4.78 is 0. The third-order valence-electron chi connectivity index (χ3n) is 5.67. The second kappa shape index (κ2) is 6.94. The van der Waals surface area contributed by atoms with Gasteiger partial charge in [-0.25, -0.2) is 4.79 Å². The van der Waals surface area contributed by atoms with E-state index in [0.29, 0.717) is 11.6 Å². The first-order chi connectivity index (χ1) is 12.3. The van der Waals surface area contributed by atoms with Crippen LogP contribution in [0.15, 0.2) is 24.3 Å². The minimum absolute atomic E-state index is 0.132. The number of rotatable bonds is 3. The molecule has 1 aliphatic carbocycles. The Morgan fingerprint density at radius 2 is 1.69 bits per heavy atom. The van der Waals surface area contributed by atoms with Crippen LogP contribution in [-0.2, 0) is 6.42 Å². The molecule has 1 unspecified atom stereocenters. The first-order valence-corrected chi connectivity index (χ1v) is 9.08. The lowest BCUT2D eigenvalue weighted by Crippen LogP contribution is -2.20. The number of benzene rings is 2. The Morgan fingerprint density at radius 3 is 2.31 bits per heavy atom. The van der Waals surface area contributed by atoms with Gasteiger partial charge in [0.15, 0.2) is 0 Å². The van der Waals surface area contributed by atoms with Gasteiger partial charge in [0.05, 0.1) is 5.56 Å². The molecule has 4 heteroatoms. The minimum atomic E-state index is -0.978. The summed E-state index contributed by atoms with van der Waals surface area (Å²) in [6.07, 6.45) is 3.39. The van der Waals surface area contributed by atoms with Gasteiger partial charge < -0.3 is 10.4 Å². The number of carboxylic acids is 1. The van der Waals surface area contributed by atoms with Gasteiger partial charge in [-0.15, -0.1) is 0 Å². The first-order valence-electron chi connectivity index (χ1n) is 9.08. The summed E-state index contributed by atoms with van der Waals surface area (Å²) in [7, 11) is 0. The second-order valence-corrected chi connectivity index (χ2v) is 7.27. The average molecular weight is 351 g/mol. The van der Waals surface area contributed by atoms with E-state index in [1.54, 1.807) is 12.1 Å². The SMILES string of the molecule is Cc1c(C)c2c(c(C)c1C(=O)Nc1ccc(C(=O)O)cc1)CCCC2C. The number of hydrogen-bond donors (Lipinski definition) is 2. The van der Waals surface area contributed by atoms with Gasteiger partial charge in [0.2, 0.25) is 0 Å². The quantitative estimate of drug-likeness (QED) is 0.817. The van der Waals surface area contributed by atoms with Crippen molar-refractivity contribution in [1.29, 1.82) is 0 Å². The van der Waals surface area contributed by atoms with E-state index in [2.05, 4.69) is 19.2 Å². The van der Waals surface area contributed by atoms with Gasteiger partial charge >= 0.3 is 5.97 Å². The molecule has 0 aliphatic heterocycles. The molecule has 1 atom stereocenters. The van der Waals surface area contributed by atoms with Gasteiger partial charge in [-0.1, -0.05) is 6.92 Å². The molecule has 0 spiro atoms. The minimum Gasteiger partial charge on any atom is -0.478 e. The van der Waals surface area contributed by atoms with Gasteiger partial charge in [0, 0.05) is 11.3 Å². The summed E-state index contributed by atoms with van der Waals surface area (Å²) in [6.45, 7) is 8.46. The Bertz CT molecular complexity index is 881. The summed E-state index contributed by atoms with van der Waals surface area (Å²) in [4.78, 5) is 23.9. The molecule has 3 rings (SSSR count). The maximum atomic E-state index is 13.0. The predicted molar refractivity (Wildman–Crippen MR) is 103 cm³/mol. The molecule has 2 N–H and O–H groups in total. The highest BCUT2D eigenvalue weighted by atomic mass is 16.4. The number of aromatic carboxylic acids is 1. The summed E-state index contributed by atoms with van der Waals surface area (Å²) in [5, 5.41) is 11.9. The smallest absolute Gasteiger partial charge is 0.335 e. The van der Waals surface area contributed by atoms with E-state index in [0.717, 1.165) is 29.5 Å². The van der Waals surface area contributed by atoms with Crippen molar-refractivity contribution < 1.29 is 14.7 Å². The molecule has 0 saturated carbocycles. The molecule has 1 aliphatic rings. The summed E-state index contributed by atoms with van der Waals surface area (Å²) in [6, 6.07) is 6.24. The fourth-order valence-electron chi connectivity index (χ4n) is 4.20. The lowest BCUT2D eigenvalue weighted by Gasteiger charge is -2.29. The summed E-state index contributed by atoms with van der Waals surface area (Å²) in [5.74, 6) is -0.571. The highest BCUT2D eigenvalue weighted by Gasteiger charge is 2.26. The number of hydrogen-bond acceptors (Lipinski definition) is 2. The first kappa shape index (κ1) is 18.2. The number of amides is 1. The third-order valence-corrected chi connectivity index (χ3v) is 5.67. The van der Waals surface area contributed by atoms with Gasteiger partial charge in [0.25, 0.3) is 5.91 Å². The molecule has 0 bridgehead atoms. The second-order valence-electron chi connectivity index (χ2n) is 7.27. The van der Waals surface area contributed by atoms with Crippen molar-refractivity contribution in [3.8, 4) is 0 Å². The molecule has 0 aromatic heterocycles. The topological polar surface area (TPSA) is 66.4 Å². The summed E-state index contributed by atoms with van der Waals surface area (Å²) in [5.41, 5.74) is 7.65. The zero-order valence-electron chi connectivity index (χ0n) is 15.8. The molecule has 0 saturated heterocycles. The van der Waals surface area contributed by atoms with E-state index in [-0.39, 0.29) is 11.5 Å². The van der Waals surface area contributed by atoms with Crippen molar-refractivity contribution in [1.82, 2.24) is 0 Å². The molecule has 0 radical (unpaired) electrons. The average Bonchev–Trinajstić information content (AvgIpc) is 2.60. The molecule has 2 aromatic carbocycles. The molecule has 0 heterocycles. The molecule has 136 valence electrons. The standard InChI is InChI=1S/C22H25NO3/c1-12-6-5-7-18-15(4)20(14(3)13(2)19(12)18)21(24)23-17-10-8-16(9-11-17)22(25)26/h8-12H,5-7H2,1-4H3,(H,23,24)(H,25,26). The molecule has 4 nitrogen and oxygen atoms in total. The van der Waals surface area contributed by atoms with E-state index in [1.807, 2.05) is 13.8 Å². The van der Waals surface area contributed by atoms with Crippen LogP contribution in [-0.4, -0.2) is 17.0 Å². The maximum absolute atomic E-state index is 13.0. The van der Waals surface area contributed by atoms with Crippen LogP contribution < -0.4 is 5.32 Å². The van der Waals surface area contributed by atoms with Crippen LogP contribution in [0.3, 0.4) is 0 Å². The van der Waals surface area contributed by atoms with E-state index in [1.165, 1.54) is 35.2 Å². The van der Waals surface area contributed by atoms with Crippen molar-refractivity contribution in [3.05, 3.63) is 63.2 Å². The highest BCUT2D eigenvalue weighted by Crippen LogP contribution is 2.38. The predicted octanol–water partition coefficient (Wildman–Crippen LogP) is 5.00. The zero-order chi connectivity index (χ0) is 19.0. The molecule has 0 fully saturated rings. The number of nitrogens with one attached hydrogen (secondary N) is 1. The van der Waals surface area contributed by atoms with Crippen molar-refractivity contribution >= 4 is 17.6 Å². The highest BCUT2D eigenvalue weighted by molar-refractivity contribution is 6.07. The fraction of sp³-hybridized carbons (Fsp3) is 0.364. The maximum Gasteiger partial charge on any atom is 0.335 e. The van der Waals surface area contributed by atoms with Crippen LogP contribution in [0.4, 0.5) is 5.69 Å². The Balaban J connectivity index is 1.97. The van der Waals surface area contributed by atoms with Gasteiger partial charge in [0.1, 0.15) is 0 Å². The number of anilines is 1. The molecule has 2 aromatic rings. The van der Waals surface area contributed by atoms with Crippen LogP contribution >= 0.6 is 0 Å². The van der Waals surface area contributed by atoms with Crippen molar-refractivity contribution in [2.75, 3.05) is 5.32 Å². The van der Waals surface area contributed by atoms with Crippen LogP contribution in [0, 0.1) is 20.8 Å². The van der Waals surface area contributed by atoms with Crippen molar-refractivity contribution in [2.45, 2.75) is 52.9 Å². The third kappa shape index (κ3) is 3.12. The normalized spacial score (nSPS) is 16.1. The van der Waals surface area contributed by atoms with Crippen LogP contribution in [0.25, 0.3) is 0 Å². The Kier molecular flexibility index (Phi) is 4.86. The molecular formula is C22H25NO3. The van der Waals surface area contributed by atoms with Crippen molar-refractivity contribution in [2.24, 2.45) is 0 Å². The summed E-state index contributed by atoms with van der Waals surface area (Å²) >= 11 is 0. The van der Waals surface area contributed by atoms with E-state index >= 15 is 0 Å². The van der Waals surface area contributed by atoms with E-state index in [4.69, 9.17) is 5.11 Å². The van der Waals surface area contributed by atoms with Crippen LogP contribution in [0.1, 0.15) is 74.2 Å². The Morgan fingerprint density at radius 1 is 1.04 bits per heavy atom. The monoisotopic (exact) mass is 351 g/mol. The number of carbonyl (C=O) groups excluding carboxylic acids is 1. The Labute approximate surface area is 154 Å². The molecule has 26 heavy (non-hydrogen) atoms. The number of fused-ring (bicyclic) bond motifs is 1. The number of carboxylic acid groups (broad SMARTS) is 1. The van der Waals surface area contributed by atoms with E-state index < -0.39 is 5.97 Å². The van der Waals surface area contributed by atoms with Crippen LogP contribution in [0.5, 0.6) is 0 Å². The van der Waals surface area contributed by atoms with Gasteiger partial charge in [-0.2, -0.15) is 0 Å².